The smallest absolute Gasteiger partial charge is 0.414 e. The highest BCUT2D eigenvalue weighted by molar-refractivity contribution is 6.01. The lowest BCUT2D eigenvalue weighted by molar-refractivity contribution is 0.121. The number of nitriles is 1. The molecule has 0 radical (unpaired) electrons. The number of benzene rings is 1. The lowest BCUT2D eigenvalue weighted by Gasteiger charge is -2.40. The predicted octanol–water partition coefficient (Wildman–Crippen LogP) is 3.40. The summed E-state index contributed by atoms with van der Waals surface area (Å²) in [6.45, 7) is 5.82. The first-order valence-electron chi connectivity index (χ1n) is 9.24. The van der Waals surface area contributed by atoms with Crippen molar-refractivity contribution in [3.05, 3.63) is 30.6 Å². The molecule has 0 N–H and O–H groups in total. The quantitative estimate of drug-likeness (QED) is 0.787. The first-order chi connectivity index (χ1) is 13.8. The van der Waals surface area contributed by atoms with Crippen molar-refractivity contribution in [2.45, 2.75) is 39.5 Å². The van der Waals surface area contributed by atoms with Crippen LogP contribution in [-0.4, -0.2) is 47.8 Å². The number of ether oxygens (including phenoxy) is 2. The fraction of sp³-hybridized carbons (Fsp3) is 0.400. The van der Waals surface area contributed by atoms with Crippen LogP contribution in [-0.2, 0) is 16.0 Å². The first kappa shape index (κ1) is 20.2. The minimum Gasteiger partial charge on any atom is -0.452 e. The van der Waals surface area contributed by atoms with Crippen molar-refractivity contribution in [1.29, 1.82) is 5.26 Å². The van der Waals surface area contributed by atoms with E-state index in [9.17, 15) is 9.59 Å². The topological polar surface area (TPSA) is 101 Å². The van der Waals surface area contributed by atoms with E-state index in [1.807, 2.05) is 25.1 Å². The molecular weight excluding hydrogens is 374 g/mol. The minimum atomic E-state index is -0.495. The largest absolute Gasteiger partial charge is 0.452 e. The third-order valence-electron chi connectivity index (χ3n) is 4.54. The average molecular weight is 397 g/mol. The lowest BCUT2D eigenvalue weighted by atomic mass is 10.0. The number of rotatable bonds is 3. The summed E-state index contributed by atoms with van der Waals surface area (Å²) in [6.07, 6.45) is 2.16. The molecule has 29 heavy (non-hydrogen) atoms. The molecule has 2 heterocycles. The number of nitrogens with zero attached hydrogens (tertiary/aromatic N) is 5. The van der Waals surface area contributed by atoms with Crippen molar-refractivity contribution >= 4 is 23.6 Å². The molecule has 9 nitrogen and oxygen atoms in total. The molecule has 0 aliphatic carbocycles. The average Bonchev–Trinajstić information content (AvgIpc) is 3.15. The van der Waals surface area contributed by atoms with Crippen molar-refractivity contribution in [2.24, 2.45) is 0 Å². The van der Waals surface area contributed by atoms with Gasteiger partial charge in [-0.15, -0.1) is 0 Å². The molecule has 0 saturated carbocycles. The van der Waals surface area contributed by atoms with Crippen LogP contribution >= 0.6 is 0 Å². The normalized spacial score (nSPS) is 15.7. The second kappa shape index (κ2) is 8.22. The van der Waals surface area contributed by atoms with Crippen molar-refractivity contribution in [1.82, 2.24) is 9.78 Å². The van der Waals surface area contributed by atoms with Crippen LogP contribution in [0, 0.1) is 11.3 Å². The highest BCUT2D eigenvalue weighted by Crippen LogP contribution is 2.39. The summed E-state index contributed by atoms with van der Waals surface area (Å²) >= 11 is 0. The molecule has 1 atom stereocenters. The molecule has 0 fully saturated rings. The summed E-state index contributed by atoms with van der Waals surface area (Å²) in [6, 6.07) is 7.17. The van der Waals surface area contributed by atoms with Crippen molar-refractivity contribution in [2.75, 3.05) is 23.5 Å². The Morgan fingerprint density at radius 2 is 2.03 bits per heavy atom. The minimum absolute atomic E-state index is 0.144. The Labute approximate surface area is 169 Å². The number of amides is 2. The van der Waals surface area contributed by atoms with Gasteiger partial charge in [-0.2, -0.15) is 10.4 Å². The zero-order chi connectivity index (χ0) is 21.1. The summed E-state index contributed by atoms with van der Waals surface area (Å²) in [7, 11) is 1.33. The number of carbonyl (C=O) groups excluding carboxylic acids is 2. The van der Waals surface area contributed by atoms with E-state index >= 15 is 0 Å². The molecule has 3 rings (SSSR count). The Morgan fingerprint density at radius 1 is 1.28 bits per heavy atom. The summed E-state index contributed by atoms with van der Waals surface area (Å²) in [4.78, 5) is 28.1. The summed E-state index contributed by atoms with van der Waals surface area (Å²) < 4.78 is 11.9. The molecule has 152 valence electrons. The fourth-order valence-corrected chi connectivity index (χ4v) is 3.29. The molecule has 9 heteroatoms. The van der Waals surface area contributed by atoms with Crippen molar-refractivity contribution in [3.8, 4) is 17.2 Å². The van der Waals surface area contributed by atoms with E-state index < -0.39 is 12.2 Å². The standard InChI is InChI=1S/C20H23N5O4/c1-13(2)29-19(26)24-11-14(3)25(20(27)28-4)17-6-5-15(9-18(17)24)16-10-22-23(12-16)8-7-21/h5-6,9-10,12-14H,8,11H2,1-4H3/t14-/m0/s1. The van der Waals surface area contributed by atoms with Crippen LogP contribution in [0.15, 0.2) is 30.6 Å². The van der Waals surface area contributed by atoms with E-state index in [-0.39, 0.29) is 25.2 Å². The van der Waals surface area contributed by atoms with E-state index in [0.717, 1.165) is 11.1 Å². The van der Waals surface area contributed by atoms with Crippen molar-refractivity contribution in [3.63, 3.8) is 0 Å². The Balaban J connectivity index is 2.07. The molecule has 0 bridgehead atoms. The van der Waals surface area contributed by atoms with Gasteiger partial charge in [0.25, 0.3) is 0 Å². The Morgan fingerprint density at radius 3 is 2.69 bits per heavy atom. The molecule has 1 aromatic heterocycles. The van der Waals surface area contributed by atoms with Gasteiger partial charge in [-0.1, -0.05) is 6.07 Å². The van der Waals surface area contributed by atoms with E-state index in [1.54, 1.807) is 32.3 Å². The van der Waals surface area contributed by atoms with Crippen LogP contribution in [0.3, 0.4) is 0 Å². The van der Waals surface area contributed by atoms with Crippen LogP contribution in [0.5, 0.6) is 0 Å². The van der Waals surface area contributed by atoms with E-state index in [2.05, 4.69) is 5.10 Å². The predicted molar refractivity (Wildman–Crippen MR) is 107 cm³/mol. The third kappa shape index (κ3) is 4.01. The van der Waals surface area contributed by atoms with E-state index in [4.69, 9.17) is 14.7 Å². The van der Waals surface area contributed by atoms with Crippen LogP contribution < -0.4 is 9.80 Å². The van der Waals surface area contributed by atoms with Gasteiger partial charge in [-0.25, -0.2) is 9.59 Å². The van der Waals surface area contributed by atoms with E-state index in [0.29, 0.717) is 11.4 Å². The summed E-state index contributed by atoms with van der Waals surface area (Å²) in [5.41, 5.74) is 2.70. The summed E-state index contributed by atoms with van der Waals surface area (Å²) in [5, 5.41) is 13.0. The number of methoxy groups -OCH3 is 1. The highest BCUT2D eigenvalue weighted by atomic mass is 16.6. The molecule has 2 amide bonds. The van der Waals surface area contributed by atoms with Gasteiger partial charge in [0, 0.05) is 11.8 Å². The Bertz CT molecular complexity index is 962. The lowest BCUT2D eigenvalue weighted by Crippen LogP contribution is -2.52. The second-order valence-corrected chi connectivity index (χ2v) is 7.02. The van der Waals surface area contributed by atoms with Gasteiger partial charge in [0.1, 0.15) is 6.54 Å². The van der Waals surface area contributed by atoms with Gasteiger partial charge in [0.15, 0.2) is 0 Å². The maximum absolute atomic E-state index is 12.7. The summed E-state index contributed by atoms with van der Waals surface area (Å²) in [5.74, 6) is 0. The van der Waals surface area contributed by atoms with Gasteiger partial charge in [0.2, 0.25) is 0 Å². The first-order valence-corrected chi connectivity index (χ1v) is 9.24. The van der Waals surface area contributed by atoms with Crippen LogP contribution in [0.2, 0.25) is 0 Å². The molecular formula is C20H23N5O4. The van der Waals surface area contributed by atoms with Gasteiger partial charge in [0.05, 0.1) is 49.4 Å². The second-order valence-electron chi connectivity index (χ2n) is 7.02. The highest BCUT2D eigenvalue weighted by Gasteiger charge is 2.36. The maximum Gasteiger partial charge on any atom is 0.414 e. The molecule has 2 aromatic rings. The number of aromatic nitrogens is 2. The van der Waals surface area contributed by atoms with Crippen LogP contribution in [0.25, 0.3) is 11.1 Å². The molecule has 1 aliphatic heterocycles. The zero-order valence-electron chi connectivity index (χ0n) is 16.8. The Hall–Kier alpha value is -3.54. The van der Waals surface area contributed by atoms with Crippen molar-refractivity contribution < 1.29 is 19.1 Å². The van der Waals surface area contributed by atoms with Gasteiger partial charge in [-0.05, 0) is 38.5 Å². The number of hydrogen-bond acceptors (Lipinski definition) is 6. The number of hydrogen-bond donors (Lipinski definition) is 0. The molecule has 0 saturated heterocycles. The van der Waals surface area contributed by atoms with Crippen LogP contribution in [0.1, 0.15) is 20.8 Å². The Kier molecular flexibility index (Phi) is 5.73. The molecule has 1 aliphatic rings. The zero-order valence-corrected chi connectivity index (χ0v) is 16.8. The maximum atomic E-state index is 12.7. The molecule has 1 aromatic carbocycles. The van der Waals surface area contributed by atoms with Gasteiger partial charge in [-0.3, -0.25) is 14.5 Å². The van der Waals surface area contributed by atoms with E-state index in [1.165, 1.54) is 21.6 Å². The molecule has 0 unspecified atom stereocenters. The van der Waals surface area contributed by atoms with Gasteiger partial charge < -0.3 is 9.47 Å². The molecule has 0 spiro atoms. The number of anilines is 2. The number of fused-ring (bicyclic) bond motifs is 1. The third-order valence-corrected chi connectivity index (χ3v) is 4.54. The van der Waals surface area contributed by atoms with Crippen LogP contribution in [0.4, 0.5) is 21.0 Å². The monoisotopic (exact) mass is 397 g/mol. The van der Waals surface area contributed by atoms with Gasteiger partial charge >= 0.3 is 12.2 Å². The SMILES string of the molecule is COC(=O)N1c2ccc(-c3cnn(CC#N)c3)cc2N(C(=O)OC(C)C)C[C@@H]1C. The fourth-order valence-electron chi connectivity index (χ4n) is 3.29. The number of carbonyl (C=O) groups is 2.